The summed E-state index contributed by atoms with van der Waals surface area (Å²) in [5.41, 5.74) is 5.20. The Morgan fingerprint density at radius 3 is 1.72 bits per heavy atom. The van der Waals surface area contributed by atoms with Gasteiger partial charge in [-0.1, -0.05) is 76.2 Å². The average molecular weight is 836 g/mol. The van der Waals surface area contributed by atoms with Gasteiger partial charge in [0.1, 0.15) is 23.7 Å². The highest BCUT2D eigenvalue weighted by Crippen LogP contribution is 2.49. The van der Waals surface area contributed by atoms with E-state index >= 15 is 0 Å². The Labute approximate surface area is 355 Å². The molecule has 0 aliphatic carbocycles. The number of benzene rings is 2. The highest BCUT2D eigenvalue weighted by molar-refractivity contribution is 5.87. The Hall–Kier alpha value is -6.19. The number of carboxylic acid groups (broad SMARTS) is 1. The number of likely N-dealkylation sites (tertiary alicyclic amines) is 3. The molecule has 1 unspecified atom stereocenters. The maximum atomic E-state index is 14.2. The molecule has 3 aliphatic heterocycles. The lowest BCUT2D eigenvalue weighted by molar-refractivity contribution is -0.137. The van der Waals surface area contributed by atoms with Gasteiger partial charge in [-0.3, -0.25) is 14.4 Å². The number of alkyl carbamates (subject to hydrolysis) is 1. The van der Waals surface area contributed by atoms with Crippen LogP contribution in [0, 0.1) is 17.3 Å². The van der Waals surface area contributed by atoms with Gasteiger partial charge in [0.05, 0.1) is 30.6 Å². The van der Waals surface area contributed by atoms with Gasteiger partial charge in [0.2, 0.25) is 17.7 Å². The molecule has 0 bridgehead atoms. The van der Waals surface area contributed by atoms with E-state index in [2.05, 4.69) is 32.7 Å². The fraction of sp³-hybridized carbons (Fsp3) is 0.489. The topological polar surface area (TPSA) is 206 Å². The molecule has 324 valence electrons. The van der Waals surface area contributed by atoms with Crippen LogP contribution in [0.3, 0.4) is 0 Å². The normalized spacial score (nSPS) is 19.6. The first-order chi connectivity index (χ1) is 29.2. The zero-order valence-electron chi connectivity index (χ0n) is 35.7. The summed E-state index contributed by atoms with van der Waals surface area (Å²) in [6.07, 6.45) is 5.62. The van der Waals surface area contributed by atoms with E-state index in [1.807, 2.05) is 86.3 Å². The molecule has 2 aromatic heterocycles. The van der Waals surface area contributed by atoms with Gasteiger partial charge in [0, 0.05) is 56.6 Å². The molecule has 5 amide bonds. The number of nitrogens with one attached hydrogen (secondary N) is 4. The maximum Gasteiger partial charge on any atom is 0.407 e. The number of ether oxygens (including phenoxy) is 1. The molecular weight excluding hydrogens is 779 g/mol. The van der Waals surface area contributed by atoms with Crippen LogP contribution < -0.4 is 10.6 Å². The van der Waals surface area contributed by atoms with E-state index < -0.39 is 24.3 Å². The zero-order valence-corrected chi connectivity index (χ0v) is 35.7. The maximum absolute atomic E-state index is 14.2. The molecule has 0 radical (unpaired) electrons. The zero-order chi connectivity index (χ0) is 43.6. The first kappa shape index (κ1) is 42.9. The lowest BCUT2D eigenvalue weighted by Gasteiger charge is -2.39. The number of carbonyl (C=O) groups is 5. The largest absolute Gasteiger partial charge is 0.465 e. The van der Waals surface area contributed by atoms with Gasteiger partial charge < -0.3 is 45.1 Å². The van der Waals surface area contributed by atoms with Crippen molar-refractivity contribution < 1.29 is 33.8 Å². The van der Waals surface area contributed by atoms with Crippen LogP contribution in [0.4, 0.5) is 9.59 Å². The number of hydrogen-bond donors (Lipinski definition) is 5. The number of piperidine rings is 1. The second-order valence-corrected chi connectivity index (χ2v) is 17.4. The van der Waals surface area contributed by atoms with Crippen molar-refractivity contribution in [3.05, 3.63) is 72.6 Å². The molecule has 4 atom stereocenters. The number of amides is 5. The quantitative estimate of drug-likeness (QED) is 0.114. The molecule has 0 saturated carbocycles. The van der Waals surface area contributed by atoms with E-state index in [-0.39, 0.29) is 47.1 Å². The highest BCUT2D eigenvalue weighted by atomic mass is 16.5. The van der Waals surface area contributed by atoms with Crippen molar-refractivity contribution in [1.82, 2.24) is 45.3 Å². The summed E-state index contributed by atoms with van der Waals surface area (Å²) in [6, 6.07) is 14.1. The molecule has 16 nitrogen and oxygen atoms in total. The molecule has 3 saturated heterocycles. The van der Waals surface area contributed by atoms with Crippen molar-refractivity contribution in [2.24, 2.45) is 17.3 Å². The van der Waals surface area contributed by atoms with E-state index in [9.17, 15) is 29.1 Å². The Balaban J connectivity index is 1.05. The number of aromatic nitrogens is 4. The monoisotopic (exact) mass is 835 g/mol. The minimum Gasteiger partial charge on any atom is -0.465 e. The number of carbonyl (C=O) groups excluding carboxylic acids is 4. The molecular formula is C45H57N9O7. The van der Waals surface area contributed by atoms with Crippen LogP contribution in [0.2, 0.25) is 0 Å². The Kier molecular flexibility index (Phi) is 12.5. The Morgan fingerprint density at radius 1 is 0.738 bits per heavy atom. The second kappa shape index (κ2) is 17.8. The van der Waals surface area contributed by atoms with Crippen molar-refractivity contribution >= 4 is 29.9 Å². The third-order valence-corrected chi connectivity index (χ3v) is 12.7. The molecule has 1 spiro atoms. The molecule has 3 aliphatic rings. The Bertz CT molecular complexity index is 2220. The summed E-state index contributed by atoms with van der Waals surface area (Å²) in [6.45, 7) is 11.4. The van der Waals surface area contributed by atoms with Crippen LogP contribution in [-0.4, -0.2) is 115 Å². The fourth-order valence-electron chi connectivity index (χ4n) is 9.19. The average Bonchev–Trinajstić information content (AvgIpc) is 4.08. The molecule has 3 fully saturated rings. The van der Waals surface area contributed by atoms with Gasteiger partial charge >= 0.3 is 12.2 Å². The van der Waals surface area contributed by atoms with E-state index in [0.29, 0.717) is 44.2 Å². The lowest BCUT2D eigenvalue weighted by atomic mass is 9.76. The number of methoxy groups -OCH3 is 1. The van der Waals surface area contributed by atoms with Gasteiger partial charge in [-0.15, -0.1) is 0 Å². The fourth-order valence-corrected chi connectivity index (χ4v) is 9.19. The summed E-state index contributed by atoms with van der Waals surface area (Å²) in [7, 11) is 1.28. The number of rotatable bonds is 11. The van der Waals surface area contributed by atoms with Gasteiger partial charge in [0.25, 0.3) is 0 Å². The predicted octanol–water partition coefficient (Wildman–Crippen LogP) is 6.37. The predicted molar refractivity (Wildman–Crippen MR) is 228 cm³/mol. The molecule has 4 aromatic rings. The minimum absolute atomic E-state index is 0.0558. The first-order valence-corrected chi connectivity index (χ1v) is 21.2. The number of hydrogen-bond acceptors (Lipinski definition) is 8. The van der Waals surface area contributed by atoms with Crippen LogP contribution in [0.15, 0.2) is 60.9 Å². The van der Waals surface area contributed by atoms with Crippen molar-refractivity contribution in [2.75, 3.05) is 33.3 Å². The second-order valence-electron chi connectivity index (χ2n) is 17.4. The summed E-state index contributed by atoms with van der Waals surface area (Å²) in [4.78, 5) is 85.5. The number of H-pyrrole nitrogens is 2. The number of aromatic amines is 2. The van der Waals surface area contributed by atoms with E-state index in [1.54, 1.807) is 11.8 Å². The SMILES string of the molecule is COC(=O)N[C@H](C(=O)N1CC2(CCN(C(C)=O)CC2)CC1c1nc(-c2ccc(-c3ccc(-c4c[nH]c([C@@H]5CCCN5C(=O)[C@@H](NC(=O)O)C(C)C)n4)cc3)cc2)c[nH]1)C(C)C. The molecule has 2 aromatic carbocycles. The summed E-state index contributed by atoms with van der Waals surface area (Å²) in [5, 5.41) is 14.4. The number of nitrogens with zero attached hydrogens (tertiary/aromatic N) is 5. The van der Waals surface area contributed by atoms with Crippen LogP contribution >= 0.6 is 0 Å². The summed E-state index contributed by atoms with van der Waals surface area (Å²) in [5.74, 6) is 0.617. The van der Waals surface area contributed by atoms with Crippen LogP contribution in [0.25, 0.3) is 33.6 Å². The summed E-state index contributed by atoms with van der Waals surface area (Å²) >= 11 is 0. The van der Waals surface area contributed by atoms with Crippen molar-refractivity contribution in [3.63, 3.8) is 0 Å². The smallest absolute Gasteiger partial charge is 0.407 e. The molecule has 61 heavy (non-hydrogen) atoms. The Morgan fingerprint density at radius 2 is 1.23 bits per heavy atom. The molecule has 5 heterocycles. The van der Waals surface area contributed by atoms with Gasteiger partial charge in [0.15, 0.2) is 0 Å². The van der Waals surface area contributed by atoms with Crippen molar-refractivity contribution in [1.29, 1.82) is 0 Å². The van der Waals surface area contributed by atoms with Crippen LogP contribution in [0.1, 0.15) is 90.5 Å². The molecule has 16 heteroatoms. The van der Waals surface area contributed by atoms with E-state index in [1.165, 1.54) is 7.11 Å². The van der Waals surface area contributed by atoms with Gasteiger partial charge in [-0.2, -0.15) is 0 Å². The molecule has 7 rings (SSSR count). The van der Waals surface area contributed by atoms with Crippen molar-refractivity contribution in [2.45, 2.75) is 90.9 Å². The lowest BCUT2D eigenvalue weighted by Crippen LogP contribution is -2.52. The van der Waals surface area contributed by atoms with Gasteiger partial charge in [-0.05, 0) is 60.5 Å². The highest BCUT2D eigenvalue weighted by Gasteiger charge is 2.50. The molecule has 5 N–H and O–H groups in total. The van der Waals surface area contributed by atoms with Crippen LogP contribution in [0.5, 0.6) is 0 Å². The van der Waals surface area contributed by atoms with Crippen LogP contribution in [-0.2, 0) is 19.1 Å². The van der Waals surface area contributed by atoms with E-state index in [0.717, 1.165) is 59.3 Å². The number of imidazole rings is 2. The first-order valence-electron chi connectivity index (χ1n) is 21.2. The third kappa shape index (κ3) is 9.13. The van der Waals surface area contributed by atoms with E-state index in [4.69, 9.17) is 14.7 Å². The standard InChI is InChI=1S/C45H57N9O7/c1-26(2)37(50-43(58)59)41(56)53-19-7-8-35(53)39-46-23-33(48-39)31-13-9-29(10-14-31)30-11-15-32(16-12-30)34-24-47-40(49-34)36-22-45(17-20-52(21-18-45)28(5)55)25-54(36)42(57)38(27(3)4)51-44(60)61-6/h9-16,23-24,26-27,35-38,50H,7-8,17-22,25H2,1-6H3,(H,46,48)(H,47,49)(H,51,60)(H,58,59)/t35-,36?,37-,38-/m0/s1. The third-order valence-electron chi connectivity index (χ3n) is 12.7. The van der Waals surface area contributed by atoms with Crippen molar-refractivity contribution in [3.8, 4) is 33.6 Å². The summed E-state index contributed by atoms with van der Waals surface area (Å²) < 4.78 is 4.85. The minimum atomic E-state index is -1.22. The van der Waals surface area contributed by atoms with Gasteiger partial charge in [-0.25, -0.2) is 19.6 Å².